The Morgan fingerprint density at radius 3 is 2.20 bits per heavy atom. The number of aliphatic hydroxyl groups excluding tert-OH is 1. The van der Waals surface area contributed by atoms with Gasteiger partial charge in [0, 0.05) is 6.61 Å². The maximum absolute atomic E-state index is 10.9. The van der Waals surface area contributed by atoms with Gasteiger partial charge in [0.25, 0.3) is 0 Å². The molecule has 0 aliphatic heterocycles. The topological polar surface area (TPSA) is 40.5 Å². The summed E-state index contributed by atoms with van der Waals surface area (Å²) < 4.78 is 0. The van der Waals surface area contributed by atoms with Crippen molar-refractivity contribution in [3.8, 4) is 0 Å². The van der Waals surface area contributed by atoms with Crippen molar-refractivity contribution in [2.24, 2.45) is 28.1 Å². The molecule has 6 atom stereocenters. The fourth-order valence-electron chi connectivity index (χ4n) is 6.65. The van der Waals surface area contributed by atoms with E-state index in [1.54, 1.807) is 0 Å². The van der Waals surface area contributed by atoms with Gasteiger partial charge in [-0.15, -0.1) is 0 Å². The first kappa shape index (κ1) is 14.8. The van der Waals surface area contributed by atoms with Crippen LogP contribution in [0.2, 0.25) is 0 Å². The average molecular weight is 280 g/mol. The van der Waals surface area contributed by atoms with Crippen LogP contribution in [0.5, 0.6) is 0 Å². The second kappa shape index (κ2) is 4.23. The second-order valence-corrected chi connectivity index (χ2v) is 9.05. The lowest BCUT2D eigenvalue weighted by Gasteiger charge is -2.62. The van der Waals surface area contributed by atoms with Crippen LogP contribution in [0.4, 0.5) is 0 Å². The highest BCUT2D eigenvalue weighted by Gasteiger charge is 2.65. The van der Waals surface area contributed by atoms with E-state index >= 15 is 0 Å². The SMILES string of the molecule is C[C@@]1(CO)CCC[C@]2(C)[C@H]3CC[C@](C)(O)[C@@]3(C)CC[C@@H]12. The van der Waals surface area contributed by atoms with Gasteiger partial charge in [0.2, 0.25) is 0 Å². The predicted octanol–water partition coefficient (Wildman–Crippen LogP) is 3.75. The summed E-state index contributed by atoms with van der Waals surface area (Å²) in [7, 11) is 0. The largest absolute Gasteiger partial charge is 0.396 e. The second-order valence-electron chi connectivity index (χ2n) is 9.05. The van der Waals surface area contributed by atoms with Crippen LogP contribution in [0.3, 0.4) is 0 Å². The summed E-state index contributed by atoms with van der Waals surface area (Å²) in [6, 6.07) is 0. The minimum absolute atomic E-state index is 0.0754. The third kappa shape index (κ3) is 1.64. The normalized spacial score (nSPS) is 59.1. The first-order valence-corrected chi connectivity index (χ1v) is 8.53. The van der Waals surface area contributed by atoms with Gasteiger partial charge in [-0.3, -0.25) is 0 Å². The highest BCUT2D eigenvalue weighted by molar-refractivity contribution is 5.15. The van der Waals surface area contributed by atoms with Gasteiger partial charge in [-0.05, 0) is 73.5 Å². The third-order valence-electron chi connectivity index (χ3n) is 8.13. The van der Waals surface area contributed by atoms with Crippen molar-refractivity contribution >= 4 is 0 Å². The summed E-state index contributed by atoms with van der Waals surface area (Å²) in [5.74, 6) is 1.25. The van der Waals surface area contributed by atoms with E-state index in [-0.39, 0.29) is 10.8 Å². The molecule has 0 bridgehead atoms. The van der Waals surface area contributed by atoms with E-state index in [1.807, 2.05) is 0 Å². The van der Waals surface area contributed by atoms with Crippen LogP contribution in [-0.4, -0.2) is 22.4 Å². The van der Waals surface area contributed by atoms with Crippen molar-refractivity contribution in [3.05, 3.63) is 0 Å². The van der Waals surface area contributed by atoms with Crippen molar-refractivity contribution < 1.29 is 10.2 Å². The number of hydrogen-bond acceptors (Lipinski definition) is 2. The summed E-state index contributed by atoms with van der Waals surface area (Å²) in [5.41, 5.74) is -0.0172. The number of fused-ring (bicyclic) bond motifs is 3. The molecule has 0 spiro atoms. The van der Waals surface area contributed by atoms with Gasteiger partial charge in [-0.1, -0.05) is 27.2 Å². The van der Waals surface area contributed by atoms with E-state index in [1.165, 1.54) is 25.7 Å². The van der Waals surface area contributed by atoms with Gasteiger partial charge in [0.05, 0.1) is 5.60 Å². The molecule has 0 aromatic heterocycles. The minimum atomic E-state index is -0.501. The van der Waals surface area contributed by atoms with E-state index in [2.05, 4.69) is 27.7 Å². The summed E-state index contributed by atoms with van der Waals surface area (Å²) in [6.07, 6.45) is 8.10. The quantitative estimate of drug-likeness (QED) is 0.768. The van der Waals surface area contributed by atoms with Gasteiger partial charge in [-0.2, -0.15) is 0 Å². The van der Waals surface area contributed by atoms with Crippen molar-refractivity contribution in [1.29, 1.82) is 0 Å². The zero-order chi connectivity index (χ0) is 14.8. The Morgan fingerprint density at radius 2 is 1.55 bits per heavy atom. The van der Waals surface area contributed by atoms with Crippen molar-refractivity contribution in [2.75, 3.05) is 6.61 Å². The van der Waals surface area contributed by atoms with Gasteiger partial charge in [-0.25, -0.2) is 0 Å². The van der Waals surface area contributed by atoms with E-state index in [0.717, 1.165) is 19.3 Å². The van der Waals surface area contributed by atoms with E-state index in [9.17, 15) is 10.2 Å². The highest BCUT2D eigenvalue weighted by atomic mass is 16.3. The lowest BCUT2D eigenvalue weighted by atomic mass is 9.43. The molecule has 3 fully saturated rings. The molecular formula is C18H32O2. The average Bonchev–Trinajstić information content (AvgIpc) is 2.61. The zero-order valence-corrected chi connectivity index (χ0v) is 13.7. The van der Waals surface area contributed by atoms with Crippen LogP contribution in [0.15, 0.2) is 0 Å². The highest BCUT2D eigenvalue weighted by Crippen LogP contribution is 2.70. The fourth-order valence-corrected chi connectivity index (χ4v) is 6.65. The molecule has 0 amide bonds. The zero-order valence-electron chi connectivity index (χ0n) is 13.7. The summed E-state index contributed by atoms with van der Waals surface area (Å²) >= 11 is 0. The van der Waals surface area contributed by atoms with E-state index < -0.39 is 5.60 Å². The number of rotatable bonds is 1. The molecule has 2 nitrogen and oxygen atoms in total. The monoisotopic (exact) mass is 280 g/mol. The number of hydrogen-bond donors (Lipinski definition) is 2. The molecule has 20 heavy (non-hydrogen) atoms. The molecule has 0 saturated heterocycles. The smallest absolute Gasteiger partial charge is 0.0676 e. The van der Waals surface area contributed by atoms with Crippen LogP contribution < -0.4 is 0 Å². The molecule has 0 aromatic carbocycles. The lowest BCUT2D eigenvalue weighted by Crippen LogP contribution is -2.58. The molecule has 3 rings (SSSR count). The molecule has 0 heterocycles. The Morgan fingerprint density at radius 1 is 0.900 bits per heavy atom. The van der Waals surface area contributed by atoms with Crippen LogP contribution in [0.1, 0.15) is 72.6 Å². The standard InChI is InChI=1S/C18H32O2/c1-15(12-19)8-5-9-16(2)13(15)6-10-17(3)14(16)7-11-18(17,4)20/h13-14,19-20H,5-12H2,1-4H3/t13-,14+,15-,16-,17-,18-/m0/s1. The fraction of sp³-hybridized carbons (Fsp3) is 1.00. The van der Waals surface area contributed by atoms with Crippen molar-refractivity contribution in [3.63, 3.8) is 0 Å². The molecule has 0 radical (unpaired) electrons. The first-order chi connectivity index (χ1) is 9.20. The molecule has 3 saturated carbocycles. The van der Waals surface area contributed by atoms with E-state index in [4.69, 9.17) is 0 Å². The summed E-state index contributed by atoms with van der Waals surface area (Å²) in [4.78, 5) is 0. The van der Waals surface area contributed by atoms with Crippen molar-refractivity contribution in [1.82, 2.24) is 0 Å². The minimum Gasteiger partial charge on any atom is -0.396 e. The summed E-state index contributed by atoms with van der Waals surface area (Å²) in [5, 5.41) is 20.9. The van der Waals surface area contributed by atoms with Crippen molar-refractivity contribution in [2.45, 2.75) is 78.2 Å². The summed E-state index contributed by atoms with van der Waals surface area (Å²) in [6.45, 7) is 9.48. The molecular weight excluding hydrogens is 248 g/mol. The molecule has 3 aliphatic rings. The Hall–Kier alpha value is -0.0800. The Bertz CT molecular complexity index is 404. The Balaban J connectivity index is 2.01. The molecule has 0 unspecified atom stereocenters. The molecule has 3 aliphatic carbocycles. The molecule has 116 valence electrons. The molecule has 2 N–H and O–H groups in total. The predicted molar refractivity (Wildman–Crippen MR) is 81.3 cm³/mol. The van der Waals surface area contributed by atoms with Crippen LogP contribution >= 0.6 is 0 Å². The Labute approximate surface area is 124 Å². The van der Waals surface area contributed by atoms with Crippen LogP contribution in [0, 0.1) is 28.1 Å². The first-order valence-electron chi connectivity index (χ1n) is 8.53. The van der Waals surface area contributed by atoms with Gasteiger partial charge >= 0.3 is 0 Å². The Kier molecular flexibility index (Phi) is 3.14. The maximum Gasteiger partial charge on any atom is 0.0676 e. The lowest BCUT2D eigenvalue weighted by molar-refractivity contribution is -0.173. The third-order valence-corrected chi connectivity index (χ3v) is 8.13. The number of aliphatic hydroxyl groups is 2. The van der Waals surface area contributed by atoms with Gasteiger partial charge in [0.15, 0.2) is 0 Å². The van der Waals surface area contributed by atoms with Gasteiger partial charge < -0.3 is 10.2 Å². The molecule has 0 aromatic rings. The van der Waals surface area contributed by atoms with Crippen LogP contribution in [-0.2, 0) is 0 Å². The van der Waals surface area contributed by atoms with Gasteiger partial charge in [0.1, 0.15) is 0 Å². The molecule has 2 heteroatoms. The van der Waals surface area contributed by atoms with E-state index in [0.29, 0.717) is 23.9 Å². The van der Waals surface area contributed by atoms with Crippen LogP contribution in [0.25, 0.3) is 0 Å². The maximum atomic E-state index is 10.9.